The van der Waals surface area contributed by atoms with Crippen molar-refractivity contribution in [1.29, 1.82) is 0 Å². The molecule has 0 radical (unpaired) electrons. The van der Waals surface area contributed by atoms with Crippen LogP contribution in [-0.4, -0.2) is 17.6 Å². The average Bonchev–Trinajstić information content (AvgIpc) is 2.55. The normalized spacial score (nSPS) is 11.9. The summed E-state index contributed by atoms with van der Waals surface area (Å²) < 4.78 is 29.3. The molecule has 2 aromatic rings. The van der Waals surface area contributed by atoms with E-state index >= 15 is 0 Å². The number of pyridine rings is 1. The minimum atomic E-state index is -2.91. The molecule has 128 valence electrons. The van der Waals surface area contributed by atoms with Crippen molar-refractivity contribution in [2.75, 3.05) is 0 Å². The summed E-state index contributed by atoms with van der Waals surface area (Å²) in [5, 5.41) is 5.42. The van der Waals surface area contributed by atoms with Crippen molar-refractivity contribution < 1.29 is 18.3 Å². The summed E-state index contributed by atoms with van der Waals surface area (Å²) in [5.41, 5.74) is 2.29. The van der Waals surface area contributed by atoms with E-state index in [1.165, 1.54) is 6.07 Å². The number of rotatable bonds is 6. The molecule has 0 spiro atoms. The van der Waals surface area contributed by atoms with Gasteiger partial charge in [-0.1, -0.05) is 17.7 Å². The van der Waals surface area contributed by atoms with Crippen molar-refractivity contribution in [2.24, 2.45) is 0 Å². The summed E-state index contributed by atoms with van der Waals surface area (Å²) in [4.78, 5) is 15.9. The summed E-state index contributed by atoms with van der Waals surface area (Å²) in [6.07, 6.45) is 3.29. The van der Waals surface area contributed by atoms with Crippen LogP contribution < -0.4 is 15.4 Å². The van der Waals surface area contributed by atoms with Gasteiger partial charge in [-0.2, -0.15) is 8.78 Å². The van der Waals surface area contributed by atoms with Gasteiger partial charge < -0.3 is 15.4 Å². The zero-order chi connectivity index (χ0) is 17.5. The lowest BCUT2D eigenvalue weighted by atomic mass is 10.1. The van der Waals surface area contributed by atoms with E-state index in [1.807, 2.05) is 13.8 Å². The second kappa shape index (κ2) is 8.24. The van der Waals surface area contributed by atoms with E-state index < -0.39 is 12.6 Å². The molecule has 7 heteroatoms. The van der Waals surface area contributed by atoms with Gasteiger partial charge in [0.25, 0.3) is 0 Å². The van der Waals surface area contributed by atoms with Gasteiger partial charge in [-0.05, 0) is 37.6 Å². The second-order valence-corrected chi connectivity index (χ2v) is 5.32. The molecule has 0 saturated carbocycles. The number of carbonyl (C=O) groups is 1. The Morgan fingerprint density at radius 2 is 1.96 bits per heavy atom. The van der Waals surface area contributed by atoms with Gasteiger partial charge >= 0.3 is 12.6 Å². The number of ether oxygens (including phenoxy) is 1. The first-order valence-corrected chi connectivity index (χ1v) is 7.44. The zero-order valence-electron chi connectivity index (χ0n) is 13.4. The molecule has 5 nitrogen and oxygen atoms in total. The van der Waals surface area contributed by atoms with Gasteiger partial charge in [0, 0.05) is 24.5 Å². The Morgan fingerprint density at radius 3 is 2.62 bits per heavy atom. The highest BCUT2D eigenvalue weighted by molar-refractivity contribution is 5.74. The highest BCUT2D eigenvalue weighted by atomic mass is 19.3. The number of amides is 2. The van der Waals surface area contributed by atoms with Crippen LogP contribution in [0.5, 0.6) is 5.75 Å². The van der Waals surface area contributed by atoms with E-state index in [4.69, 9.17) is 0 Å². The topological polar surface area (TPSA) is 63.2 Å². The van der Waals surface area contributed by atoms with Crippen LogP contribution in [0.3, 0.4) is 0 Å². The number of hydrogen-bond acceptors (Lipinski definition) is 3. The maximum atomic E-state index is 12.4. The van der Waals surface area contributed by atoms with Crippen LogP contribution in [0.2, 0.25) is 0 Å². The van der Waals surface area contributed by atoms with Gasteiger partial charge in [0.15, 0.2) is 0 Å². The third kappa shape index (κ3) is 5.19. The van der Waals surface area contributed by atoms with Crippen molar-refractivity contribution in [3.8, 4) is 5.75 Å². The molecule has 0 aliphatic heterocycles. The molecule has 2 N–H and O–H groups in total. The number of benzene rings is 1. The van der Waals surface area contributed by atoms with Crippen LogP contribution in [-0.2, 0) is 6.54 Å². The molecule has 2 amide bonds. The number of hydrogen-bond donors (Lipinski definition) is 2. The van der Waals surface area contributed by atoms with Crippen LogP contribution in [0.15, 0.2) is 42.7 Å². The molecule has 1 aromatic carbocycles. The smallest absolute Gasteiger partial charge is 0.387 e. The van der Waals surface area contributed by atoms with Gasteiger partial charge in [0.05, 0.1) is 6.04 Å². The summed E-state index contributed by atoms with van der Waals surface area (Å²) in [6, 6.07) is 7.85. The van der Waals surface area contributed by atoms with Crippen LogP contribution in [0.25, 0.3) is 0 Å². The Morgan fingerprint density at radius 1 is 1.25 bits per heavy atom. The minimum Gasteiger partial charge on any atom is -0.434 e. The van der Waals surface area contributed by atoms with E-state index in [9.17, 15) is 13.6 Å². The Hall–Kier alpha value is -2.70. The Kier molecular flexibility index (Phi) is 6.06. The van der Waals surface area contributed by atoms with Gasteiger partial charge in [-0.15, -0.1) is 0 Å². The molecule has 1 heterocycles. The van der Waals surface area contributed by atoms with Crippen LogP contribution in [0.1, 0.15) is 29.7 Å². The molecule has 1 atom stereocenters. The third-order valence-electron chi connectivity index (χ3n) is 3.43. The molecule has 0 aliphatic rings. The van der Waals surface area contributed by atoms with Gasteiger partial charge in [-0.25, -0.2) is 4.79 Å². The molecule has 0 unspecified atom stereocenters. The first-order valence-electron chi connectivity index (χ1n) is 7.44. The number of nitrogens with one attached hydrogen (secondary N) is 2. The van der Waals surface area contributed by atoms with E-state index in [0.717, 1.165) is 11.1 Å². The number of nitrogens with zero attached hydrogens (tertiary/aromatic N) is 1. The highest BCUT2D eigenvalue weighted by Gasteiger charge is 2.12. The SMILES string of the molecule is Cc1ccc(OC(F)F)c(CNC(=O)N[C@H](C)c2ccncc2)c1. The van der Waals surface area contributed by atoms with Crippen LogP contribution >= 0.6 is 0 Å². The standard InChI is InChI=1S/C17H19F2N3O2/c1-11-3-4-15(24-16(18)19)14(9-11)10-21-17(23)22-12(2)13-5-7-20-8-6-13/h3-9,12,16H,10H2,1-2H3,(H2,21,22,23)/t12-/m1/s1. The molecule has 0 saturated heterocycles. The monoisotopic (exact) mass is 335 g/mol. The zero-order valence-corrected chi connectivity index (χ0v) is 13.4. The lowest BCUT2D eigenvalue weighted by Gasteiger charge is -2.16. The predicted molar refractivity (Wildman–Crippen MR) is 85.8 cm³/mol. The second-order valence-electron chi connectivity index (χ2n) is 5.32. The summed E-state index contributed by atoms with van der Waals surface area (Å²) >= 11 is 0. The predicted octanol–water partition coefficient (Wildman–Crippen LogP) is 3.55. The van der Waals surface area contributed by atoms with E-state index in [2.05, 4.69) is 20.4 Å². The number of carbonyl (C=O) groups excluding carboxylic acids is 1. The van der Waals surface area contributed by atoms with E-state index in [0.29, 0.717) is 5.56 Å². The van der Waals surface area contributed by atoms with Crippen LogP contribution in [0.4, 0.5) is 13.6 Å². The van der Waals surface area contributed by atoms with Crippen molar-refractivity contribution in [3.05, 3.63) is 59.4 Å². The fraction of sp³-hybridized carbons (Fsp3) is 0.294. The van der Waals surface area contributed by atoms with Crippen molar-refractivity contribution in [1.82, 2.24) is 15.6 Å². The number of alkyl halides is 2. The number of urea groups is 1. The first kappa shape index (κ1) is 17.7. The Balaban J connectivity index is 1.95. The lowest BCUT2D eigenvalue weighted by molar-refractivity contribution is -0.0504. The number of halogens is 2. The van der Waals surface area contributed by atoms with Crippen molar-refractivity contribution in [2.45, 2.75) is 33.0 Å². The maximum absolute atomic E-state index is 12.4. The average molecular weight is 335 g/mol. The molecule has 0 bridgehead atoms. The Labute approximate surface area is 139 Å². The quantitative estimate of drug-likeness (QED) is 0.848. The molecule has 0 fully saturated rings. The molecule has 0 aliphatic carbocycles. The third-order valence-corrected chi connectivity index (χ3v) is 3.43. The minimum absolute atomic E-state index is 0.0538. The van der Waals surface area contributed by atoms with E-state index in [-0.39, 0.29) is 18.3 Å². The Bertz CT molecular complexity index is 681. The van der Waals surface area contributed by atoms with Crippen LogP contribution in [0, 0.1) is 6.92 Å². The lowest BCUT2D eigenvalue weighted by Crippen LogP contribution is -2.36. The summed E-state index contributed by atoms with van der Waals surface area (Å²) in [6.45, 7) is 0.847. The van der Waals surface area contributed by atoms with E-state index in [1.54, 1.807) is 36.7 Å². The summed E-state index contributed by atoms with van der Waals surface area (Å²) in [5.74, 6) is 0.0538. The van der Waals surface area contributed by atoms with Gasteiger partial charge in [0.1, 0.15) is 5.75 Å². The van der Waals surface area contributed by atoms with Gasteiger partial charge in [0.2, 0.25) is 0 Å². The largest absolute Gasteiger partial charge is 0.434 e. The maximum Gasteiger partial charge on any atom is 0.387 e. The molecular formula is C17H19F2N3O2. The highest BCUT2D eigenvalue weighted by Crippen LogP contribution is 2.22. The van der Waals surface area contributed by atoms with Crippen molar-refractivity contribution in [3.63, 3.8) is 0 Å². The van der Waals surface area contributed by atoms with Gasteiger partial charge in [-0.3, -0.25) is 4.98 Å². The fourth-order valence-electron chi connectivity index (χ4n) is 2.22. The summed E-state index contributed by atoms with van der Waals surface area (Å²) in [7, 11) is 0. The van der Waals surface area contributed by atoms with Crippen molar-refractivity contribution >= 4 is 6.03 Å². The molecule has 24 heavy (non-hydrogen) atoms. The molecule has 2 rings (SSSR count). The fourth-order valence-corrected chi connectivity index (χ4v) is 2.22. The molecule has 1 aromatic heterocycles. The first-order chi connectivity index (χ1) is 11.5. The number of aryl methyl sites for hydroxylation is 1. The number of aromatic nitrogens is 1. The molecular weight excluding hydrogens is 316 g/mol.